The second-order valence-corrected chi connectivity index (χ2v) is 9.84. The van der Waals surface area contributed by atoms with Crippen LogP contribution in [0.25, 0.3) is 11.7 Å². The van der Waals surface area contributed by atoms with E-state index in [1.54, 1.807) is 13.0 Å². The molecular formula is C24H33N5O4. The van der Waals surface area contributed by atoms with Gasteiger partial charge in [-0.1, -0.05) is 13.8 Å². The lowest BCUT2D eigenvalue weighted by molar-refractivity contribution is -0.128. The normalized spacial score (nSPS) is 21.0. The smallest absolute Gasteiger partial charge is 0.270 e. The summed E-state index contributed by atoms with van der Waals surface area (Å²) in [6, 6.07) is 0.403. The van der Waals surface area contributed by atoms with Gasteiger partial charge in [0.1, 0.15) is 5.65 Å². The third kappa shape index (κ3) is 4.28. The van der Waals surface area contributed by atoms with E-state index in [0.29, 0.717) is 23.4 Å². The molecule has 2 aromatic heterocycles. The number of hydrogen-bond donors (Lipinski definition) is 2. The second-order valence-electron chi connectivity index (χ2n) is 9.84. The minimum atomic E-state index is -0.586. The minimum absolute atomic E-state index is 0.0461. The number of aryl methyl sites for hydroxylation is 1. The second kappa shape index (κ2) is 8.68. The van der Waals surface area contributed by atoms with E-state index in [2.05, 4.69) is 10.4 Å². The van der Waals surface area contributed by atoms with Gasteiger partial charge in [-0.3, -0.25) is 19.0 Å². The highest BCUT2D eigenvalue weighted by atomic mass is 16.3. The molecule has 33 heavy (non-hydrogen) atoms. The van der Waals surface area contributed by atoms with Gasteiger partial charge in [-0.25, -0.2) is 0 Å². The number of carbonyl (C=O) groups excluding carboxylic acids is 2. The number of likely N-dealkylation sites (tertiary alicyclic amines) is 1. The molecule has 2 aliphatic rings. The minimum Gasteiger partial charge on any atom is -0.492 e. The molecule has 1 aliphatic heterocycles. The number of hydrogen-bond acceptors (Lipinski definition) is 5. The fourth-order valence-electron chi connectivity index (χ4n) is 4.65. The predicted octanol–water partition coefficient (Wildman–Crippen LogP) is 2.47. The van der Waals surface area contributed by atoms with Gasteiger partial charge in [-0.15, -0.1) is 0 Å². The number of rotatable bonds is 6. The highest BCUT2D eigenvalue weighted by Crippen LogP contribution is 2.27. The van der Waals surface area contributed by atoms with Crippen molar-refractivity contribution in [3.63, 3.8) is 0 Å². The van der Waals surface area contributed by atoms with Crippen molar-refractivity contribution in [1.29, 1.82) is 0 Å². The quantitative estimate of drug-likeness (QED) is 0.651. The maximum absolute atomic E-state index is 13.4. The molecule has 2 aromatic rings. The average Bonchev–Trinajstić information content (AvgIpc) is 3.39. The van der Waals surface area contributed by atoms with E-state index >= 15 is 0 Å². The van der Waals surface area contributed by atoms with Crippen LogP contribution in [0, 0.1) is 12.8 Å². The van der Waals surface area contributed by atoms with Crippen LogP contribution in [0.4, 0.5) is 0 Å². The van der Waals surface area contributed by atoms with Crippen molar-refractivity contribution in [3.05, 3.63) is 33.3 Å². The zero-order valence-electron chi connectivity index (χ0n) is 20.0. The number of amides is 2. The van der Waals surface area contributed by atoms with Crippen LogP contribution < -0.4 is 10.9 Å². The van der Waals surface area contributed by atoms with Gasteiger partial charge < -0.3 is 15.3 Å². The highest BCUT2D eigenvalue weighted by molar-refractivity contribution is 5.97. The van der Waals surface area contributed by atoms with Gasteiger partial charge in [-0.2, -0.15) is 9.61 Å². The lowest BCUT2D eigenvalue weighted by Gasteiger charge is -2.24. The fourth-order valence-corrected chi connectivity index (χ4v) is 4.65. The number of nitrogens with zero attached hydrogens (tertiary/aromatic N) is 4. The summed E-state index contributed by atoms with van der Waals surface area (Å²) in [6.07, 6.45) is 6.86. The number of fused-ring (bicyclic) bond motifs is 1. The molecule has 2 fully saturated rings. The SMILES string of the molecule is Cc1nn2c(O)c(C(=O)NC3CC3)c(=O)n(CC(C)C)c2c1/C=C/C(=O)N1[C@H](C)CC[C@H]1C. The zero-order valence-corrected chi connectivity index (χ0v) is 20.0. The summed E-state index contributed by atoms with van der Waals surface area (Å²) < 4.78 is 2.73. The summed E-state index contributed by atoms with van der Waals surface area (Å²) in [5.41, 5.74) is 0.634. The van der Waals surface area contributed by atoms with Gasteiger partial charge >= 0.3 is 0 Å². The summed E-state index contributed by atoms with van der Waals surface area (Å²) in [6.45, 7) is 10.1. The van der Waals surface area contributed by atoms with E-state index in [9.17, 15) is 19.5 Å². The first-order valence-corrected chi connectivity index (χ1v) is 11.8. The molecule has 1 saturated carbocycles. The molecule has 0 spiro atoms. The first kappa shape index (κ1) is 23.1. The molecular weight excluding hydrogens is 422 g/mol. The molecule has 0 unspecified atom stereocenters. The van der Waals surface area contributed by atoms with E-state index in [4.69, 9.17) is 0 Å². The molecule has 2 N–H and O–H groups in total. The van der Waals surface area contributed by atoms with Crippen molar-refractivity contribution in [2.45, 2.75) is 85.0 Å². The number of aromatic nitrogens is 3. The average molecular weight is 456 g/mol. The van der Waals surface area contributed by atoms with Crippen LogP contribution in [0.15, 0.2) is 10.9 Å². The predicted molar refractivity (Wildman–Crippen MR) is 125 cm³/mol. The Labute approximate surface area is 193 Å². The van der Waals surface area contributed by atoms with Gasteiger partial charge in [0.25, 0.3) is 11.5 Å². The van der Waals surface area contributed by atoms with Gasteiger partial charge in [0.05, 0.1) is 5.69 Å². The summed E-state index contributed by atoms with van der Waals surface area (Å²) in [5.74, 6) is -1.05. The van der Waals surface area contributed by atoms with Gasteiger partial charge in [0.15, 0.2) is 5.56 Å². The Kier molecular flexibility index (Phi) is 6.07. The Morgan fingerprint density at radius 1 is 1.18 bits per heavy atom. The van der Waals surface area contributed by atoms with Gasteiger partial charge in [0.2, 0.25) is 11.8 Å². The molecule has 0 bridgehead atoms. The van der Waals surface area contributed by atoms with E-state index in [1.165, 1.54) is 15.2 Å². The maximum Gasteiger partial charge on any atom is 0.270 e. The summed E-state index contributed by atoms with van der Waals surface area (Å²) in [5, 5.41) is 18.1. The highest BCUT2D eigenvalue weighted by Gasteiger charge is 2.31. The van der Waals surface area contributed by atoms with Crippen LogP contribution in [0.5, 0.6) is 5.88 Å². The first-order valence-electron chi connectivity index (χ1n) is 11.8. The standard InChI is InChI=1S/C24H33N5O4/c1-13(2)12-27-22-18(10-11-19(30)28-14(3)6-7-15(28)4)16(5)26-29(22)24(33)20(23(27)32)21(31)25-17-8-9-17/h10-11,13-15,17,33H,6-9,12H2,1-5H3,(H,25,31)/b11-10+/t14-,15-/m1/s1. The largest absolute Gasteiger partial charge is 0.492 e. The lowest BCUT2D eigenvalue weighted by atomic mass is 10.1. The monoisotopic (exact) mass is 455 g/mol. The van der Waals surface area contributed by atoms with Gasteiger partial charge in [-0.05, 0) is 58.4 Å². The van der Waals surface area contributed by atoms with Crippen LogP contribution in [0.1, 0.15) is 75.0 Å². The van der Waals surface area contributed by atoms with Crippen LogP contribution in [-0.4, -0.2) is 54.1 Å². The molecule has 3 heterocycles. The molecule has 0 radical (unpaired) electrons. The molecule has 9 heteroatoms. The molecule has 2 amide bonds. The van der Waals surface area contributed by atoms with Crippen molar-refractivity contribution >= 4 is 23.5 Å². The lowest BCUT2D eigenvalue weighted by Crippen LogP contribution is -2.37. The Bertz CT molecular complexity index is 1180. The van der Waals surface area contributed by atoms with Crippen molar-refractivity contribution < 1.29 is 14.7 Å². The van der Waals surface area contributed by atoms with Crippen molar-refractivity contribution in [2.75, 3.05) is 0 Å². The van der Waals surface area contributed by atoms with Crippen molar-refractivity contribution in [2.24, 2.45) is 5.92 Å². The zero-order chi connectivity index (χ0) is 24.0. The summed E-state index contributed by atoms with van der Waals surface area (Å²) in [4.78, 5) is 40.9. The first-order chi connectivity index (χ1) is 15.6. The molecule has 1 saturated heterocycles. The van der Waals surface area contributed by atoms with E-state index in [-0.39, 0.29) is 35.5 Å². The third-order valence-electron chi connectivity index (χ3n) is 6.51. The number of nitrogens with one attached hydrogen (secondary N) is 1. The summed E-state index contributed by atoms with van der Waals surface area (Å²) >= 11 is 0. The molecule has 0 aromatic carbocycles. The van der Waals surface area contributed by atoms with Crippen molar-refractivity contribution in [1.82, 2.24) is 24.4 Å². The Balaban J connectivity index is 1.82. The Morgan fingerprint density at radius 2 is 1.82 bits per heavy atom. The van der Waals surface area contributed by atoms with Crippen LogP contribution in [0.2, 0.25) is 0 Å². The Hall–Kier alpha value is -3.10. The van der Waals surface area contributed by atoms with E-state index in [1.807, 2.05) is 32.6 Å². The molecule has 1 aliphatic carbocycles. The molecule has 4 rings (SSSR count). The fraction of sp³-hybridized carbons (Fsp3) is 0.583. The molecule has 2 atom stereocenters. The van der Waals surface area contributed by atoms with E-state index < -0.39 is 17.3 Å². The Morgan fingerprint density at radius 3 is 2.39 bits per heavy atom. The maximum atomic E-state index is 13.4. The van der Waals surface area contributed by atoms with E-state index in [0.717, 1.165) is 25.7 Å². The number of carbonyl (C=O) groups is 2. The topological polar surface area (TPSA) is 109 Å². The number of aromatic hydroxyl groups is 1. The van der Waals surface area contributed by atoms with Gasteiger partial charge in [0, 0.05) is 36.3 Å². The van der Waals surface area contributed by atoms with Crippen LogP contribution in [-0.2, 0) is 11.3 Å². The molecule has 9 nitrogen and oxygen atoms in total. The molecule has 178 valence electrons. The third-order valence-corrected chi connectivity index (χ3v) is 6.51. The van der Waals surface area contributed by atoms with Crippen LogP contribution in [0.3, 0.4) is 0 Å². The van der Waals surface area contributed by atoms with Crippen LogP contribution >= 0.6 is 0 Å². The van der Waals surface area contributed by atoms with Crippen molar-refractivity contribution in [3.8, 4) is 5.88 Å². The summed E-state index contributed by atoms with van der Waals surface area (Å²) in [7, 11) is 0.